The van der Waals surface area contributed by atoms with Gasteiger partial charge in [-0.3, -0.25) is 10.1 Å². The number of rotatable bonds is 5. The summed E-state index contributed by atoms with van der Waals surface area (Å²) >= 11 is 0. The van der Waals surface area contributed by atoms with Crippen molar-refractivity contribution < 1.29 is 9.66 Å². The number of hydrogen-bond donors (Lipinski definition) is 1. The normalized spacial score (nSPS) is 12.0. The van der Waals surface area contributed by atoms with Gasteiger partial charge in [0.1, 0.15) is 5.75 Å². The van der Waals surface area contributed by atoms with E-state index >= 15 is 0 Å². The van der Waals surface area contributed by atoms with E-state index in [2.05, 4.69) is 0 Å². The number of aryl methyl sites for hydroxylation is 1. The number of nitro benzene ring substituents is 1. The van der Waals surface area contributed by atoms with Gasteiger partial charge in [0.15, 0.2) is 0 Å². The van der Waals surface area contributed by atoms with E-state index in [-0.39, 0.29) is 17.5 Å². The van der Waals surface area contributed by atoms with Crippen molar-refractivity contribution in [2.75, 3.05) is 0 Å². The van der Waals surface area contributed by atoms with E-state index in [0.717, 1.165) is 17.5 Å². The molecule has 5 nitrogen and oxygen atoms in total. The van der Waals surface area contributed by atoms with Gasteiger partial charge in [-0.1, -0.05) is 25.1 Å². The summed E-state index contributed by atoms with van der Waals surface area (Å²) in [5.74, 6) is 0.789. The van der Waals surface area contributed by atoms with Crippen molar-refractivity contribution >= 4 is 5.69 Å². The molecule has 0 spiro atoms. The molecule has 5 heteroatoms. The molecule has 2 aromatic carbocycles. The van der Waals surface area contributed by atoms with E-state index in [1.807, 2.05) is 32.0 Å². The van der Waals surface area contributed by atoms with E-state index in [0.29, 0.717) is 5.75 Å². The lowest BCUT2D eigenvalue weighted by Gasteiger charge is -2.09. The molecule has 0 saturated heterocycles. The Labute approximate surface area is 123 Å². The number of benzene rings is 2. The van der Waals surface area contributed by atoms with Crippen molar-refractivity contribution in [3.63, 3.8) is 0 Å². The third kappa shape index (κ3) is 3.58. The van der Waals surface area contributed by atoms with Gasteiger partial charge >= 0.3 is 5.69 Å². The van der Waals surface area contributed by atoms with Crippen molar-refractivity contribution in [1.29, 1.82) is 0 Å². The van der Waals surface area contributed by atoms with Crippen molar-refractivity contribution in [2.24, 2.45) is 5.73 Å². The molecular formula is C16H18N2O3. The second kappa shape index (κ2) is 6.37. The Morgan fingerprint density at radius 2 is 1.90 bits per heavy atom. The zero-order chi connectivity index (χ0) is 15.4. The van der Waals surface area contributed by atoms with Crippen LogP contribution in [0.3, 0.4) is 0 Å². The molecule has 110 valence electrons. The highest BCUT2D eigenvalue weighted by atomic mass is 16.6. The van der Waals surface area contributed by atoms with E-state index in [9.17, 15) is 10.1 Å². The number of hydrogen-bond acceptors (Lipinski definition) is 4. The van der Waals surface area contributed by atoms with Gasteiger partial charge in [-0.25, -0.2) is 0 Å². The van der Waals surface area contributed by atoms with Crippen LogP contribution in [0.15, 0.2) is 42.5 Å². The average molecular weight is 286 g/mol. The first kappa shape index (κ1) is 15.0. The molecule has 0 amide bonds. The summed E-state index contributed by atoms with van der Waals surface area (Å²) in [5.41, 5.74) is 7.65. The molecule has 0 aliphatic heterocycles. The SMILES string of the molecule is CCc1ccc(Oc2ccc([C@H](C)N)cc2)c([N+](=O)[O-])c1. The van der Waals surface area contributed by atoms with Crippen LogP contribution in [0, 0.1) is 10.1 Å². The van der Waals surface area contributed by atoms with E-state index in [1.54, 1.807) is 24.3 Å². The van der Waals surface area contributed by atoms with E-state index < -0.39 is 4.92 Å². The van der Waals surface area contributed by atoms with Crippen LogP contribution >= 0.6 is 0 Å². The number of nitrogens with zero attached hydrogens (tertiary/aromatic N) is 1. The van der Waals surface area contributed by atoms with Crippen LogP contribution in [-0.2, 0) is 6.42 Å². The zero-order valence-electron chi connectivity index (χ0n) is 12.1. The van der Waals surface area contributed by atoms with Gasteiger partial charge < -0.3 is 10.5 Å². The molecule has 21 heavy (non-hydrogen) atoms. The van der Waals surface area contributed by atoms with Crippen LogP contribution in [0.25, 0.3) is 0 Å². The molecular weight excluding hydrogens is 268 g/mol. The minimum atomic E-state index is -0.426. The van der Waals surface area contributed by atoms with Crippen LogP contribution in [0.1, 0.15) is 31.0 Å². The lowest BCUT2D eigenvalue weighted by atomic mass is 10.1. The Balaban J connectivity index is 2.28. The van der Waals surface area contributed by atoms with E-state index in [1.165, 1.54) is 0 Å². The number of nitrogens with two attached hydrogens (primary N) is 1. The van der Waals surface area contributed by atoms with Crippen LogP contribution in [0.4, 0.5) is 5.69 Å². The van der Waals surface area contributed by atoms with Gasteiger partial charge in [-0.2, -0.15) is 0 Å². The summed E-state index contributed by atoms with van der Waals surface area (Å²) in [5, 5.41) is 11.1. The molecule has 0 fully saturated rings. The quantitative estimate of drug-likeness (QED) is 0.666. The average Bonchev–Trinajstić information content (AvgIpc) is 2.48. The highest BCUT2D eigenvalue weighted by molar-refractivity contribution is 5.50. The molecule has 0 aliphatic rings. The van der Waals surface area contributed by atoms with Crippen LogP contribution in [-0.4, -0.2) is 4.92 Å². The maximum atomic E-state index is 11.1. The molecule has 0 unspecified atom stereocenters. The van der Waals surface area contributed by atoms with Crippen molar-refractivity contribution in [2.45, 2.75) is 26.3 Å². The fraction of sp³-hybridized carbons (Fsp3) is 0.250. The first-order chi connectivity index (χ1) is 10.0. The molecule has 2 N–H and O–H groups in total. The van der Waals surface area contributed by atoms with Gasteiger partial charge in [0.25, 0.3) is 0 Å². The molecule has 0 bridgehead atoms. The Morgan fingerprint density at radius 3 is 2.43 bits per heavy atom. The topological polar surface area (TPSA) is 78.4 Å². The van der Waals surface area contributed by atoms with Gasteiger partial charge in [-0.15, -0.1) is 0 Å². The summed E-state index contributed by atoms with van der Waals surface area (Å²) in [7, 11) is 0. The van der Waals surface area contributed by atoms with Crippen molar-refractivity contribution in [3.8, 4) is 11.5 Å². The summed E-state index contributed by atoms with van der Waals surface area (Å²) in [6, 6.07) is 12.2. The second-order valence-corrected chi connectivity index (χ2v) is 4.87. The standard InChI is InChI=1S/C16H18N2O3/c1-3-12-4-9-16(15(10-12)18(19)20)21-14-7-5-13(6-8-14)11(2)17/h4-11H,3,17H2,1-2H3/t11-/m0/s1. The van der Waals surface area contributed by atoms with Crippen LogP contribution < -0.4 is 10.5 Å². The predicted octanol–water partition coefficient (Wildman–Crippen LogP) is 3.97. The summed E-state index contributed by atoms with van der Waals surface area (Å²) in [6.07, 6.45) is 0.740. The monoisotopic (exact) mass is 286 g/mol. The Morgan fingerprint density at radius 1 is 1.24 bits per heavy atom. The molecule has 2 aromatic rings. The van der Waals surface area contributed by atoms with Crippen molar-refractivity contribution in [1.82, 2.24) is 0 Å². The first-order valence-electron chi connectivity index (χ1n) is 6.82. The lowest BCUT2D eigenvalue weighted by molar-refractivity contribution is -0.385. The Kier molecular flexibility index (Phi) is 4.55. The highest BCUT2D eigenvalue weighted by Crippen LogP contribution is 2.32. The zero-order valence-corrected chi connectivity index (χ0v) is 12.1. The second-order valence-electron chi connectivity index (χ2n) is 4.87. The highest BCUT2D eigenvalue weighted by Gasteiger charge is 2.16. The summed E-state index contributed by atoms with van der Waals surface area (Å²) in [4.78, 5) is 10.7. The fourth-order valence-corrected chi connectivity index (χ4v) is 1.98. The maximum Gasteiger partial charge on any atom is 0.311 e. The Hall–Kier alpha value is -2.40. The third-order valence-corrected chi connectivity index (χ3v) is 3.26. The molecule has 0 saturated carbocycles. The third-order valence-electron chi connectivity index (χ3n) is 3.26. The largest absolute Gasteiger partial charge is 0.450 e. The molecule has 0 radical (unpaired) electrons. The van der Waals surface area contributed by atoms with Crippen molar-refractivity contribution in [3.05, 3.63) is 63.7 Å². The fourth-order valence-electron chi connectivity index (χ4n) is 1.98. The maximum absolute atomic E-state index is 11.1. The van der Waals surface area contributed by atoms with Gasteiger partial charge in [-0.05, 0) is 42.7 Å². The minimum Gasteiger partial charge on any atom is -0.450 e. The smallest absolute Gasteiger partial charge is 0.311 e. The predicted molar refractivity (Wildman–Crippen MR) is 81.6 cm³/mol. The van der Waals surface area contributed by atoms with Crippen LogP contribution in [0.5, 0.6) is 11.5 Å². The lowest BCUT2D eigenvalue weighted by Crippen LogP contribution is -2.04. The number of nitro groups is 1. The summed E-state index contributed by atoms with van der Waals surface area (Å²) in [6.45, 7) is 3.84. The van der Waals surface area contributed by atoms with Gasteiger partial charge in [0, 0.05) is 12.1 Å². The van der Waals surface area contributed by atoms with Crippen LogP contribution in [0.2, 0.25) is 0 Å². The number of ether oxygens (including phenoxy) is 1. The molecule has 1 atom stereocenters. The van der Waals surface area contributed by atoms with Gasteiger partial charge in [0.2, 0.25) is 5.75 Å². The first-order valence-corrected chi connectivity index (χ1v) is 6.82. The molecule has 2 rings (SSSR count). The van der Waals surface area contributed by atoms with E-state index in [4.69, 9.17) is 10.5 Å². The summed E-state index contributed by atoms with van der Waals surface area (Å²) < 4.78 is 5.62. The molecule has 0 heterocycles. The Bertz CT molecular complexity index is 636. The molecule has 0 aromatic heterocycles. The molecule has 0 aliphatic carbocycles. The minimum absolute atomic E-state index is 0.0226. The van der Waals surface area contributed by atoms with Gasteiger partial charge in [0.05, 0.1) is 4.92 Å².